The van der Waals surface area contributed by atoms with Crippen LogP contribution >= 0.6 is 11.6 Å². The number of benzene rings is 2. The van der Waals surface area contributed by atoms with E-state index in [9.17, 15) is 21.6 Å². The Morgan fingerprint density at radius 3 is 1.90 bits per heavy atom. The van der Waals surface area contributed by atoms with Gasteiger partial charge in [0.2, 0.25) is 15.9 Å². The van der Waals surface area contributed by atoms with Crippen molar-refractivity contribution in [2.45, 2.75) is 30.8 Å². The summed E-state index contributed by atoms with van der Waals surface area (Å²) < 4.78 is 48.8. The molecule has 29 heavy (non-hydrogen) atoms. The fourth-order valence-corrected chi connectivity index (χ4v) is 4.75. The molecule has 2 aromatic carbocycles. The topological polar surface area (TPSA) is 101 Å². The van der Waals surface area contributed by atoms with Gasteiger partial charge in [-0.15, -0.1) is 0 Å². The fourth-order valence-electron chi connectivity index (χ4n) is 2.82. The quantitative estimate of drug-likeness (QED) is 0.687. The molecule has 1 N–H and O–H groups in total. The van der Waals surface area contributed by atoms with E-state index in [1.807, 2.05) is 0 Å². The lowest BCUT2D eigenvalue weighted by Crippen LogP contribution is -2.48. The van der Waals surface area contributed by atoms with Gasteiger partial charge in [-0.2, -0.15) is 0 Å². The number of sulfone groups is 1. The number of amides is 1. The Kier molecular flexibility index (Phi) is 6.97. The molecule has 0 saturated heterocycles. The molecule has 0 aromatic heterocycles. The van der Waals surface area contributed by atoms with Crippen LogP contribution in [0.2, 0.25) is 5.02 Å². The van der Waals surface area contributed by atoms with Gasteiger partial charge in [0.05, 0.1) is 22.9 Å². The molecule has 0 aliphatic carbocycles. The molecule has 1 amide bonds. The van der Waals surface area contributed by atoms with E-state index in [4.69, 9.17) is 11.6 Å². The second-order valence-corrected chi connectivity index (χ2v) is 11.1. The van der Waals surface area contributed by atoms with Crippen LogP contribution in [-0.4, -0.2) is 41.3 Å². The van der Waals surface area contributed by atoms with Crippen molar-refractivity contribution >= 4 is 43.1 Å². The number of anilines is 1. The number of hydrogen-bond acceptors (Lipinski definition) is 5. The highest BCUT2D eigenvalue weighted by atomic mass is 35.5. The first kappa shape index (κ1) is 23.2. The third kappa shape index (κ3) is 5.94. The van der Waals surface area contributed by atoms with E-state index >= 15 is 0 Å². The molecule has 2 aromatic rings. The third-order valence-electron chi connectivity index (χ3n) is 4.34. The standard InChI is InChI=1S/C19H23ClN2O5S2/c1-13(15-5-11-18(12-6-15)28(3,24)25)21-19(23)14(2)22(29(4,26)27)17-9-7-16(20)8-10-17/h5-14H,1-4H3,(H,21,23)/t13-,14+/m1/s1. The minimum Gasteiger partial charge on any atom is -0.348 e. The molecule has 0 unspecified atom stereocenters. The Bertz CT molecular complexity index is 1080. The monoisotopic (exact) mass is 458 g/mol. The Morgan fingerprint density at radius 2 is 1.45 bits per heavy atom. The average Bonchev–Trinajstić information content (AvgIpc) is 2.61. The molecule has 0 radical (unpaired) electrons. The van der Waals surface area contributed by atoms with Crippen molar-refractivity contribution in [3.8, 4) is 0 Å². The highest BCUT2D eigenvalue weighted by Gasteiger charge is 2.29. The van der Waals surface area contributed by atoms with Gasteiger partial charge in [-0.25, -0.2) is 16.8 Å². The van der Waals surface area contributed by atoms with Crippen LogP contribution in [0.5, 0.6) is 0 Å². The van der Waals surface area contributed by atoms with Crippen molar-refractivity contribution < 1.29 is 21.6 Å². The van der Waals surface area contributed by atoms with Crippen LogP contribution in [0.3, 0.4) is 0 Å². The molecule has 2 atom stereocenters. The molecule has 0 spiro atoms. The van der Waals surface area contributed by atoms with Crippen LogP contribution < -0.4 is 9.62 Å². The number of nitrogens with one attached hydrogen (secondary N) is 1. The molecule has 0 aliphatic heterocycles. The summed E-state index contributed by atoms with van der Waals surface area (Å²) in [5, 5.41) is 3.22. The Morgan fingerprint density at radius 1 is 0.931 bits per heavy atom. The highest BCUT2D eigenvalue weighted by Crippen LogP contribution is 2.24. The van der Waals surface area contributed by atoms with E-state index in [0.29, 0.717) is 16.3 Å². The van der Waals surface area contributed by atoms with Crippen LogP contribution in [0.1, 0.15) is 25.5 Å². The summed E-state index contributed by atoms with van der Waals surface area (Å²) in [7, 11) is -7.05. The van der Waals surface area contributed by atoms with Crippen LogP contribution in [-0.2, 0) is 24.7 Å². The van der Waals surface area contributed by atoms with Gasteiger partial charge < -0.3 is 5.32 Å². The zero-order valence-electron chi connectivity index (χ0n) is 16.5. The lowest BCUT2D eigenvalue weighted by atomic mass is 10.1. The fraction of sp³-hybridized carbons (Fsp3) is 0.316. The minimum absolute atomic E-state index is 0.180. The van der Waals surface area contributed by atoms with E-state index in [-0.39, 0.29) is 4.90 Å². The molecule has 0 heterocycles. The molecular weight excluding hydrogens is 436 g/mol. The molecule has 0 saturated carbocycles. The van der Waals surface area contributed by atoms with Crippen LogP contribution in [0.4, 0.5) is 5.69 Å². The number of halogens is 1. The largest absolute Gasteiger partial charge is 0.348 e. The van der Waals surface area contributed by atoms with Crippen LogP contribution in [0.15, 0.2) is 53.4 Å². The normalized spacial score (nSPS) is 14.1. The van der Waals surface area contributed by atoms with Gasteiger partial charge >= 0.3 is 0 Å². The molecule has 0 bridgehead atoms. The van der Waals surface area contributed by atoms with Crippen molar-refractivity contribution in [1.29, 1.82) is 0 Å². The molecule has 158 valence electrons. The smallest absolute Gasteiger partial charge is 0.244 e. The van der Waals surface area contributed by atoms with Crippen molar-refractivity contribution in [3.63, 3.8) is 0 Å². The van der Waals surface area contributed by atoms with Gasteiger partial charge in [0, 0.05) is 11.3 Å². The maximum Gasteiger partial charge on any atom is 0.244 e. The first-order valence-corrected chi connectivity index (χ1v) is 12.8. The van der Waals surface area contributed by atoms with Crippen LogP contribution in [0.25, 0.3) is 0 Å². The number of carbonyl (C=O) groups excluding carboxylic acids is 1. The summed E-state index contributed by atoms with van der Waals surface area (Å²) in [5.74, 6) is -0.495. The van der Waals surface area contributed by atoms with Crippen molar-refractivity contribution in [2.24, 2.45) is 0 Å². The van der Waals surface area contributed by atoms with Crippen LogP contribution in [0, 0.1) is 0 Å². The van der Waals surface area contributed by atoms with Gasteiger partial charge in [0.25, 0.3) is 0 Å². The van der Waals surface area contributed by atoms with E-state index in [1.165, 1.54) is 31.2 Å². The number of carbonyl (C=O) groups is 1. The zero-order valence-corrected chi connectivity index (χ0v) is 18.8. The Balaban J connectivity index is 2.22. The molecular formula is C19H23ClN2O5S2. The maximum atomic E-state index is 12.7. The zero-order chi connectivity index (χ0) is 22.0. The van der Waals surface area contributed by atoms with Crippen molar-refractivity contribution in [1.82, 2.24) is 5.32 Å². The summed E-state index contributed by atoms with van der Waals surface area (Å²) in [5.41, 5.74) is 1.01. The lowest BCUT2D eigenvalue weighted by Gasteiger charge is -2.29. The van der Waals surface area contributed by atoms with Gasteiger partial charge in [0.1, 0.15) is 6.04 Å². The number of hydrogen-bond donors (Lipinski definition) is 1. The summed E-state index contributed by atoms with van der Waals surface area (Å²) in [6, 6.07) is 10.8. The maximum absolute atomic E-state index is 12.7. The number of nitrogens with zero attached hydrogens (tertiary/aromatic N) is 1. The molecule has 0 fully saturated rings. The number of rotatable bonds is 7. The third-order valence-corrected chi connectivity index (χ3v) is 6.96. The van der Waals surface area contributed by atoms with E-state index in [1.54, 1.807) is 31.2 Å². The Labute approximate surface area is 176 Å². The van der Waals surface area contributed by atoms with Gasteiger partial charge in [0.15, 0.2) is 9.84 Å². The number of sulfonamides is 1. The Hall–Kier alpha value is -2.10. The van der Waals surface area contributed by atoms with E-state index in [2.05, 4.69) is 5.32 Å². The molecule has 10 heteroatoms. The van der Waals surface area contributed by atoms with E-state index < -0.39 is 37.9 Å². The highest BCUT2D eigenvalue weighted by molar-refractivity contribution is 7.92. The minimum atomic E-state index is -3.73. The molecule has 0 aliphatic rings. The summed E-state index contributed by atoms with van der Waals surface area (Å²) in [6.07, 6.45) is 2.14. The predicted octanol–water partition coefficient (Wildman–Crippen LogP) is 2.78. The van der Waals surface area contributed by atoms with E-state index in [0.717, 1.165) is 16.8 Å². The van der Waals surface area contributed by atoms with Gasteiger partial charge in [-0.05, 0) is 55.8 Å². The second kappa shape index (κ2) is 8.73. The van der Waals surface area contributed by atoms with Gasteiger partial charge in [-0.3, -0.25) is 9.10 Å². The average molecular weight is 459 g/mol. The molecule has 7 nitrogen and oxygen atoms in total. The first-order valence-electron chi connectivity index (χ1n) is 8.66. The summed E-state index contributed by atoms with van der Waals surface area (Å²) in [4.78, 5) is 12.9. The SMILES string of the molecule is C[C@@H](NC(=O)[C@H](C)N(c1ccc(Cl)cc1)S(C)(=O)=O)c1ccc(S(C)(=O)=O)cc1. The summed E-state index contributed by atoms with van der Waals surface area (Å²) in [6.45, 7) is 3.22. The second-order valence-electron chi connectivity index (χ2n) is 6.78. The summed E-state index contributed by atoms with van der Waals surface area (Å²) >= 11 is 5.86. The lowest BCUT2D eigenvalue weighted by molar-refractivity contribution is -0.122. The van der Waals surface area contributed by atoms with Crippen molar-refractivity contribution in [3.05, 3.63) is 59.1 Å². The molecule has 2 rings (SSSR count). The first-order chi connectivity index (χ1) is 13.3. The predicted molar refractivity (Wildman–Crippen MR) is 114 cm³/mol. The van der Waals surface area contributed by atoms with Gasteiger partial charge in [-0.1, -0.05) is 23.7 Å². The van der Waals surface area contributed by atoms with Crippen molar-refractivity contribution in [2.75, 3.05) is 16.8 Å².